The van der Waals surface area contributed by atoms with Crippen molar-refractivity contribution >= 4 is 20.1 Å². The minimum absolute atomic E-state index is 0.276. The largest absolute Gasteiger partial charge is 0.413 e. The van der Waals surface area contributed by atoms with Crippen LogP contribution in [0, 0.1) is 11.8 Å². The molecule has 1 unspecified atom stereocenters. The van der Waals surface area contributed by atoms with Gasteiger partial charge in [-0.15, -0.1) is 11.8 Å². The van der Waals surface area contributed by atoms with Gasteiger partial charge in [-0.2, -0.15) is 0 Å². The number of thioether (sulfide) groups is 1. The Bertz CT molecular complexity index is 584. The first-order valence-corrected chi connectivity index (χ1v) is 13.5. The normalized spacial score (nSPS) is 19.1. The van der Waals surface area contributed by atoms with Gasteiger partial charge >= 0.3 is 0 Å². The van der Waals surface area contributed by atoms with E-state index >= 15 is 0 Å². The van der Waals surface area contributed by atoms with Crippen LogP contribution in [0.15, 0.2) is 46.4 Å². The highest BCUT2D eigenvalue weighted by Gasteiger charge is 2.38. The quantitative estimate of drug-likeness (QED) is 0.283. The second-order valence-electron chi connectivity index (χ2n) is 9.17. The third-order valence-corrected chi connectivity index (χ3v) is 11.6. The van der Waals surface area contributed by atoms with Crippen molar-refractivity contribution in [3.63, 3.8) is 0 Å². The second-order valence-corrected chi connectivity index (χ2v) is 15.0. The van der Waals surface area contributed by atoms with Crippen molar-refractivity contribution in [2.75, 3.05) is 12.4 Å². The molecule has 140 valence electrons. The standard InChI is InChI=1S/C22H36OSSi/c1-17(2)20-14-13-18(16-24-19-11-9-8-10-12-19)21(20)15-23-25(6,7)22(3,4)5/h8-12,17,20H,13-16H2,1-7H3. The van der Waals surface area contributed by atoms with Crippen LogP contribution in [0.3, 0.4) is 0 Å². The molecule has 1 aromatic carbocycles. The Morgan fingerprint density at radius 1 is 1.16 bits per heavy atom. The molecule has 1 aliphatic carbocycles. The van der Waals surface area contributed by atoms with Gasteiger partial charge in [-0.05, 0) is 60.5 Å². The first-order valence-electron chi connectivity index (χ1n) is 9.64. The molecule has 0 spiro atoms. The third kappa shape index (κ3) is 5.48. The molecule has 1 aliphatic rings. The SMILES string of the molecule is CC(C)C1CCC(CSc2ccccc2)=C1CO[Si](C)(C)C(C)(C)C. The van der Waals surface area contributed by atoms with Crippen LogP contribution in [0.2, 0.25) is 18.1 Å². The first-order chi connectivity index (χ1) is 11.6. The highest BCUT2D eigenvalue weighted by atomic mass is 32.2. The van der Waals surface area contributed by atoms with E-state index in [4.69, 9.17) is 4.43 Å². The topological polar surface area (TPSA) is 9.23 Å². The lowest BCUT2D eigenvalue weighted by molar-refractivity contribution is 0.293. The molecule has 0 amide bonds. The van der Waals surface area contributed by atoms with Crippen LogP contribution >= 0.6 is 11.8 Å². The van der Waals surface area contributed by atoms with Gasteiger partial charge < -0.3 is 4.43 Å². The van der Waals surface area contributed by atoms with Crippen molar-refractivity contribution in [3.05, 3.63) is 41.5 Å². The molecule has 1 nitrogen and oxygen atoms in total. The highest BCUT2D eigenvalue weighted by molar-refractivity contribution is 7.99. The van der Waals surface area contributed by atoms with Gasteiger partial charge in [0.15, 0.2) is 8.32 Å². The van der Waals surface area contributed by atoms with E-state index in [-0.39, 0.29) is 5.04 Å². The number of rotatable bonds is 7. The van der Waals surface area contributed by atoms with Crippen LogP contribution in [-0.2, 0) is 4.43 Å². The van der Waals surface area contributed by atoms with E-state index in [1.54, 1.807) is 11.1 Å². The summed E-state index contributed by atoms with van der Waals surface area (Å²) in [4.78, 5) is 1.37. The third-order valence-electron chi connectivity index (χ3n) is 6.01. The highest BCUT2D eigenvalue weighted by Crippen LogP contribution is 2.42. The molecule has 1 aromatic rings. The van der Waals surface area contributed by atoms with Crippen molar-refractivity contribution < 1.29 is 4.43 Å². The maximum absolute atomic E-state index is 6.61. The van der Waals surface area contributed by atoms with Crippen LogP contribution in [0.1, 0.15) is 47.5 Å². The molecule has 0 bridgehead atoms. The Morgan fingerprint density at radius 2 is 1.80 bits per heavy atom. The van der Waals surface area contributed by atoms with E-state index in [0.29, 0.717) is 11.8 Å². The zero-order chi connectivity index (χ0) is 18.7. The van der Waals surface area contributed by atoms with Crippen LogP contribution in [-0.4, -0.2) is 20.7 Å². The first kappa shape index (κ1) is 20.8. The van der Waals surface area contributed by atoms with E-state index in [1.807, 2.05) is 11.8 Å². The van der Waals surface area contributed by atoms with Crippen molar-refractivity contribution in [2.45, 2.75) is 70.5 Å². The van der Waals surface area contributed by atoms with E-state index in [9.17, 15) is 0 Å². The number of hydrogen-bond acceptors (Lipinski definition) is 2. The molecule has 0 radical (unpaired) electrons. The second kappa shape index (κ2) is 8.45. The predicted molar refractivity (Wildman–Crippen MR) is 115 cm³/mol. The van der Waals surface area contributed by atoms with Crippen LogP contribution in [0.5, 0.6) is 0 Å². The van der Waals surface area contributed by atoms with Gasteiger partial charge in [0.25, 0.3) is 0 Å². The Hall–Kier alpha value is -0.513. The molecule has 0 fully saturated rings. The fourth-order valence-electron chi connectivity index (χ4n) is 3.20. The van der Waals surface area contributed by atoms with Gasteiger partial charge in [-0.1, -0.05) is 58.4 Å². The zero-order valence-electron chi connectivity index (χ0n) is 17.2. The van der Waals surface area contributed by atoms with E-state index < -0.39 is 8.32 Å². The molecule has 0 heterocycles. The molecular formula is C22H36OSSi. The molecule has 3 heteroatoms. The summed E-state index contributed by atoms with van der Waals surface area (Å²) in [5.41, 5.74) is 3.26. The molecule has 1 atom stereocenters. The number of benzene rings is 1. The fraction of sp³-hybridized carbons (Fsp3) is 0.636. The van der Waals surface area contributed by atoms with Gasteiger partial charge in [0.05, 0.1) is 6.61 Å². The summed E-state index contributed by atoms with van der Waals surface area (Å²) >= 11 is 1.97. The summed E-state index contributed by atoms with van der Waals surface area (Å²) in [5, 5.41) is 0.276. The average Bonchev–Trinajstić information content (AvgIpc) is 2.94. The lowest BCUT2D eigenvalue weighted by Gasteiger charge is -2.37. The maximum Gasteiger partial charge on any atom is 0.192 e. The van der Waals surface area contributed by atoms with E-state index in [1.165, 1.54) is 17.7 Å². The Morgan fingerprint density at radius 3 is 2.36 bits per heavy atom. The van der Waals surface area contributed by atoms with Gasteiger partial charge in [-0.3, -0.25) is 0 Å². The van der Waals surface area contributed by atoms with Crippen molar-refractivity contribution in [2.24, 2.45) is 11.8 Å². The molecule has 0 N–H and O–H groups in total. The average molecular weight is 377 g/mol. The molecule has 0 saturated heterocycles. The molecule has 0 aromatic heterocycles. The van der Waals surface area contributed by atoms with Gasteiger partial charge in [0, 0.05) is 10.6 Å². The van der Waals surface area contributed by atoms with Crippen molar-refractivity contribution in [1.82, 2.24) is 0 Å². The Balaban J connectivity index is 2.11. The van der Waals surface area contributed by atoms with Crippen LogP contribution in [0.25, 0.3) is 0 Å². The van der Waals surface area contributed by atoms with Gasteiger partial charge in [0.2, 0.25) is 0 Å². The van der Waals surface area contributed by atoms with Crippen molar-refractivity contribution in [3.8, 4) is 0 Å². The fourth-order valence-corrected chi connectivity index (χ4v) is 5.17. The van der Waals surface area contributed by atoms with Crippen LogP contribution in [0.4, 0.5) is 0 Å². The summed E-state index contributed by atoms with van der Waals surface area (Å²) in [6.07, 6.45) is 2.55. The number of hydrogen-bond donors (Lipinski definition) is 0. The van der Waals surface area contributed by atoms with Gasteiger partial charge in [-0.25, -0.2) is 0 Å². The monoisotopic (exact) mass is 376 g/mol. The molecule has 0 saturated carbocycles. The molecule has 2 rings (SSSR count). The summed E-state index contributed by atoms with van der Waals surface area (Å²) < 4.78 is 6.61. The smallest absolute Gasteiger partial charge is 0.192 e. The van der Waals surface area contributed by atoms with E-state index in [0.717, 1.165) is 12.4 Å². The zero-order valence-corrected chi connectivity index (χ0v) is 19.0. The lowest BCUT2D eigenvalue weighted by Crippen LogP contribution is -2.41. The maximum atomic E-state index is 6.61. The van der Waals surface area contributed by atoms with Crippen molar-refractivity contribution in [1.29, 1.82) is 0 Å². The summed E-state index contributed by atoms with van der Waals surface area (Å²) in [6, 6.07) is 10.8. The predicted octanol–water partition coefficient (Wildman–Crippen LogP) is 7.16. The van der Waals surface area contributed by atoms with E-state index in [2.05, 4.69) is 78.0 Å². The molecule has 25 heavy (non-hydrogen) atoms. The van der Waals surface area contributed by atoms with Gasteiger partial charge in [0.1, 0.15) is 0 Å². The lowest BCUT2D eigenvalue weighted by atomic mass is 9.90. The molecular weight excluding hydrogens is 340 g/mol. The Kier molecular flexibility index (Phi) is 7.03. The van der Waals surface area contributed by atoms with Crippen LogP contribution < -0.4 is 0 Å². The minimum Gasteiger partial charge on any atom is -0.413 e. The molecule has 0 aliphatic heterocycles. The summed E-state index contributed by atoms with van der Waals surface area (Å²) in [5.74, 6) is 2.53. The Labute approximate surface area is 160 Å². The minimum atomic E-state index is -1.69. The summed E-state index contributed by atoms with van der Waals surface area (Å²) in [6.45, 7) is 17.3. The summed E-state index contributed by atoms with van der Waals surface area (Å²) in [7, 11) is -1.69.